The minimum atomic E-state index is -0.825. The summed E-state index contributed by atoms with van der Waals surface area (Å²) in [6, 6.07) is 5.45. The van der Waals surface area contributed by atoms with E-state index in [1.54, 1.807) is 25.4 Å². The van der Waals surface area contributed by atoms with Crippen molar-refractivity contribution >= 4 is 29.2 Å². The van der Waals surface area contributed by atoms with Crippen LogP contribution in [0.15, 0.2) is 24.4 Å². The van der Waals surface area contributed by atoms with Crippen LogP contribution in [-0.2, 0) is 16.0 Å². The number of aromatic nitrogens is 1. The van der Waals surface area contributed by atoms with E-state index in [1.165, 1.54) is 0 Å². The van der Waals surface area contributed by atoms with Gasteiger partial charge in [0.25, 0.3) is 5.91 Å². The third kappa shape index (κ3) is 2.90. The number of hydrogen-bond donors (Lipinski definition) is 3. The van der Waals surface area contributed by atoms with E-state index in [2.05, 4.69) is 10.3 Å². The number of aryl methyl sites for hydroxylation is 1. The molecule has 2 aromatic rings. The number of anilines is 1. The van der Waals surface area contributed by atoms with E-state index in [4.69, 9.17) is 9.84 Å². The van der Waals surface area contributed by atoms with E-state index in [9.17, 15) is 9.59 Å². The summed E-state index contributed by atoms with van der Waals surface area (Å²) in [5.74, 6) is -0.310. The number of carboxylic acid groups (broad SMARTS) is 1. The highest BCUT2D eigenvalue weighted by Crippen LogP contribution is 2.36. The lowest BCUT2D eigenvalue weighted by molar-refractivity contribution is -0.137. The number of carbonyl (C=O) groups is 2. The summed E-state index contributed by atoms with van der Waals surface area (Å²) in [6.45, 7) is 1.92. The Labute approximate surface area is 139 Å². The fourth-order valence-electron chi connectivity index (χ4n) is 2.79. The zero-order chi connectivity index (χ0) is 17.3. The third-order valence-electron chi connectivity index (χ3n) is 4.19. The SMILES string of the molecule is COc1ccc2c(c1)NC(=O)/C2=C/c1[nH]cc(CCC(=O)O)c1C. The van der Waals surface area contributed by atoms with Gasteiger partial charge in [-0.05, 0) is 42.7 Å². The van der Waals surface area contributed by atoms with Gasteiger partial charge in [0, 0.05) is 29.9 Å². The average Bonchev–Trinajstić information content (AvgIpc) is 3.06. The van der Waals surface area contributed by atoms with Crippen molar-refractivity contribution in [2.75, 3.05) is 12.4 Å². The van der Waals surface area contributed by atoms with Gasteiger partial charge in [0.15, 0.2) is 0 Å². The van der Waals surface area contributed by atoms with Crippen LogP contribution in [0.25, 0.3) is 11.6 Å². The fourth-order valence-corrected chi connectivity index (χ4v) is 2.79. The minimum Gasteiger partial charge on any atom is -0.497 e. The monoisotopic (exact) mass is 326 g/mol. The first kappa shape index (κ1) is 15.9. The molecule has 1 aromatic heterocycles. The molecule has 6 heteroatoms. The van der Waals surface area contributed by atoms with Crippen molar-refractivity contribution in [1.29, 1.82) is 0 Å². The normalized spacial score (nSPS) is 14.6. The van der Waals surface area contributed by atoms with Crippen LogP contribution in [0.3, 0.4) is 0 Å². The van der Waals surface area contributed by atoms with Crippen molar-refractivity contribution in [2.45, 2.75) is 19.8 Å². The molecule has 24 heavy (non-hydrogen) atoms. The van der Waals surface area contributed by atoms with E-state index >= 15 is 0 Å². The Morgan fingerprint density at radius 2 is 2.17 bits per heavy atom. The van der Waals surface area contributed by atoms with Crippen molar-refractivity contribution < 1.29 is 19.4 Å². The maximum absolute atomic E-state index is 12.3. The molecule has 1 aliphatic rings. The molecule has 2 heterocycles. The Bertz CT molecular complexity index is 849. The van der Waals surface area contributed by atoms with Gasteiger partial charge in [-0.25, -0.2) is 0 Å². The molecular weight excluding hydrogens is 308 g/mol. The van der Waals surface area contributed by atoms with Crippen molar-refractivity contribution in [2.24, 2.45) is 0 Å². The number of ether oxygens (including phenoxy) is 1. The van der Waals surface area contributed by atoms with Crippen LogP contribution in [0, 0.1) is 6.92 Å². The summed E-state index contributed by atoms with van der Waals surface area (Å²) >= 11 is 0. The number of fused-ring (bicyclic) bond motifs is 1. The van der Waals surface area contributed by atoms with Gasteiger partial charge in [0.2, 0.25) is 0 Å². The third-order valence-corrected chi connectivity index (χ3v) is 4.19. The Morgan fingerprint density at radius 1 is 1.38 bits per heavy atom. The van der Waals surface area contributed by atoms with Gasteiger partial charge in [-0.2, -0.15) is 0 Å². The average molecular weight is 326 g/mol. The standard InChI is InChI=1S/C18H18N2O4/c1-10-11(3-6-17(21)22)9-19-15(10)8-14-13-5-4-12(24-2)7-16(13)20-18(14)23/h4-5,7-9,19H,3,6H2,1-2H3,(H,20,23)(H,21,22)/b14-8+. The molecule has 3 rings (SSSR count). The molecule has 0 bridgehead atoms. The Hall–Kier alpha value is -3.02. The maximum atomic E-state index is 12.3. The zero-order valence-corrected chi connectivity index (χ0v) is 13.5. The van der Waals surface area contributed by atoms with Gasteiger partial charge in [-0.3, -0.25) is 9.59 Å². The molecule has 0 saturated carbocycles. The molecule has 0 saturated heterocycles. The number of hydrogen-bond acceptors (Lipinski definition) is 3. The fraction of sp³-hybridized carbons (Fsp3) is 0.222. The summed E-state index contributed by atoms with van der Waals surface area (Å²) in [6.07, 6.45) is 4.14. The zero-order valence-electron chi connectivity index (χ0n) is 13.5. The highest BCUT2D eigenvalue weighted by molar-refractivity contribution is 6.34. The molecular formula is C18H18N2O4. The second-order valence-electron chi connectivity index (χ2n) is 5.67. The molecule has 6 nitrogen and oxygen atoms in total. The van der Waals surface area contributed by atoms with Gasteiger partial charge in [-0.15, -0.1) is 0 Å². The number of H-pyrrole nitrogens is 1. The lowest BCUT2D eigenvalue weighted by Gasteiger charge is -2.03. The predicted octanol–water partition coefficient (Wildman–Crippen LogP) is 2.84. The quantitative estimate of drug-likeness (QED) is 0.737. The van der Waals surface area contributed by atoms with Gasteiger partial charge in [0.05, 0.1) is 18.4 Å². The number of nitrogens with one attached hydrogen (secondary N) is 2. The van der Waals surface area contributed by atoms with Crippen LogP contribution >= 0.6 is 0 Å². The maximum Gasteiger partial charge on any atom is 0.303 e. The van der Waals surface area contributed by atoms with Crippen molar-refractivity contribution in [1.82, 2.24) is 4.98 Å². The number of rotatable bonds is 5. The predicted molar refractivity (Wildman–Crippen MR) is 91.0 cm³/mol. The largest absolute Gasteiger partial charge is 0.497 e. The highest BCUT2D eigenvalue weighted by atomic mass is 16.5. The van der Waals surface area contributed by atoms with Crippen molar-refractivity contribution in [3.05, 3.63) is 46.8 Å². The highest BCUT2D eigenvalue weighted by Gasteiger charge is 2.25. The Balaban J connectivity index is 1.93. The number of carbonyl (C=O) groups excluding carboxylic acids is 1. The molecule has 0 radical (unpaired) electrons. The van der Waals surface area contributed by atoms with Gasteiger partial charge >= 0.3 is 5.97 Å². The lowest BCUT2D eigenvalue weighted by Crippen LogP contribution is -2.03. The summed E-state index contributed by atoms with van der Waals surface area (Å²) < 4.78 is 5.17. The second kappa shape index (κ2) is 6.23. The van der Waals surface area contributed by atoms with E-state index in [-0.39, 0.29) is 12.3 Å². The van der Waals surface area contributed by atoms with Crippen molar-refractivity contribution in [3.63, 3.8) is 0 Å². The van der Waals surface area contributed by atoms with Crippen LogP contribution in [0.2, 0.25) is 0 Å². The number of methoxy groups -OCH3 is 1. The first-order valence-corrected chi connectivity index (χ1v) is 7.59. The van der Waals surface area contributed by atoms with Gasteiger partial charge < -0.3 is 20.1 Å². The Kier molecular flexibility index (Phi) is 4.12. The first-order chi connectivity index (χ1) is 11.5. The molecule has 1 aromatic carbocycles. The molecule has 0 fully saturated rings. The molecule has 0 aliphatic carbocycles. The number of amides is 1. The van der Waals surface area contributed by atoms with Crippen LogP contribution < -0.4 is 10.1 Å². The minimum absolute atomic E-state index is 0.0812. The first-order valence-electron chi connectivity index (χ1n) is 7.59. The van der Waals surface area contributed by atoms with Crippen LogP contribution in [0.1, 0.15) is 28.8 Å². The number of aliphatic carboxylic acids is 1. The van der Waals surface area contributed by atoms with Crippen LogP contribution in [-0.4, -0.2) is 29.1 Å². The molecule has 0 unspecified atom stereocenters. The van der Waals surface area contributed by atoms with Crippen molar-refractivity contribution in [3.8, 4) is 5.75 Å². The summed E-state index contributed by atoms with van der Waals surface area (Å²) in [5.41, 5.74) is 4.82. The molecule has 1 amide bonds. The van der Waals surface area contributed by atoms with E-state index < -0.39 is 5.97 Å². The molecule has 0 spiro atoms. The topological polar surface area (TPSA) is 91.4 Å². The summed E-state index contributed by atoms with van der Waals surface area (Å²) in [4.78, 5) is 26.1. The van der Waals surface area contributed by atoms with Crippen LogP contribution in [0.4, 0.5) is 5.69 Å². The summed E-state index contributed by atoms with van der Waals surface area (Å²) in [5, 5.41) is 11.6. The van der Waals surface area contributed by atoms with E-state index in [0.717, 1.165) is 28.1 Å². The van der Waals surface area contributed by atoms with E-state index in [0.29, 0.717) is 17.7 Å². The Morgan fingerprint density at radius 3 is 2.88 bits per heavy atom. The van der Waals surface area contributed by atoms with Gasteiger partial charge in [0.1, 0.15) is 5.75 Å². The smallest absolute Gasteiger partial charge is 0.303 e. The number of aromatic amines is 1. The molecule has 1 aliphatic heterocycles. The summed E-state index contributed by atoms with van der Waals surface area (Å²) in [7, 11) is 1.58. The number of benzene rings is 1. The number of carboxylic acids is 1. The van der Waals surface area contributed by atoms with Crippen LogP contribution in [0.5, 0.6) is 5.75 Å². The van der Waals surface area contributed by atoms with E-state index in [1.807, 2.05) is 19.1 Å². The lowest BCUT2D eigenvalue weighted by atomic mass is 10.0. The molecule has 0 atom stereocenters. The second-order valence-corrected chi connectivity index (χ2v) is 5.67. The van der Waals surface area contributed by atoms with Gasteiger partial charge in [-0.1, -0.05) is 0 Å². The molecule has 3 N–H and O–H groups in total. The molecule has 124 valence electrons.